The number of nitrogens with one attached hydrogen (secondary N) is 1. The van der Waals surface area contributed by atoms with E-state index in [4.69, 9.17) is 0 Å². The van der Waals surface area contributed by atoms with Crippen LogP contribution in [0.1, 0.15) is 50.7 Å². The fourth-order valence-electron chi connectivity index (χ4n) is 3.38. The third kappa shape index (κ3) is 3.35. The minimum absolute atomic E-state index is 0.346. The molecule has 1 N–H and O–H groups in total. The minimum Gasteiger partial charge on any atom is -0.311 e. The Morgan fingerprint density at radius 1 is 1.22 bits per heavy atom. The van der Waals surface area contributed by atoms with Gasteiger partial charge in [0.2, 0.25) is 0 Å². The fraction of sp³-hybridized carbons (Fsp3) is 0.647. The molecule has 0 spiro atoms. The van der Waals surface area contributed by atoms with Gasteiger partial charge in [0.15, 0.2) is 0 Å². The molecule has 0 bridgehead atoms. The highest BCUT2D eigenvalue weighted by Crippen LogP contribution is 2.31. The van der Waals surface area contributed by atoms with Gasteiger partial charge in [-0.25, -0.2) is 0 Å². The van der Waals surface area contributed by atoms with Gasteiger partial charge < -0.3 is 5.32 Å². The summed E-state index contributed by atoms with van der Waals surface area (Å²) in [5, 5.41) is 3.84. The predicted molar refractivity (Wildman–Crippen MR) is 78.9 cm³/mol. The van der Waals surface area contributed by atoms with Crippen molar-refractivity contribution in [2.24, 2.45) is 5.92 Å². The first-order valence-electron chi connectivity index (χ1n) is 7.41. The normalized spacial score (nSPS) is 24.4. The lowest BCUT2D eigenvalue weighted by atomic mass is 9.77. The number of aryl methyl sites for hydroxylation is 1. The molecule has 1 aliphatic heterocycles. The topological polar surface area (TPSA) is 12.0 Å². The van der Waals surface area contributed by atoms with Gasteiger partial charge in [0.05, 0.1) is 0 Å². The highest BCUT2D eigenvalue weighted by molar-refractivity contribution is 5.27. The largest absolute Gasteiger partial charge is 0.311 e. The number of hydrogen-bond donors (Lipinski definition) is 1. The molecule has 2 rings (SSSR count). The Hall–Kier alpha value is -0.820. The molecule has 0 aliphatic carbocycles. The monoisotopic (exact) mass is 245 g/mol. The van der Waals surface area contributed by atoms with Crippen molar-refractivity contribution < 1.29 is 0 Å². The van der Waals surface area contributed by atoms with E-state index >= 15 is 0 Å². The van der Waals surface area contributed by atoms with Crippen LogP contribution in [0.2, 0.25) is 0 Å². The van der Waals surface area contributed by atoms with E-state index in [-0.39, 0.29) is 0 Å². The summed E-state index contributed by atoms with van der Waals surface area (Å²) in [6.45, 7) is 8.12. The van der Waals surface area contributed by atoms with Crippen LogP contribution >= 0.6 is 0 Å². The summed E-state index contributed by atoms with van der Waals surface area (Å²) in [7, 11) is 0. The van der Waals surface area contributed by atoms with Crippen LogP contribution in [0.25, 0.3) is 0 Å². The zero-order chi connectivity index (χ0) is 13.0. The third-order valence-electron chi connectivity index (χ3n) is 4.17. The molecule has 1 fully saturated rings. The second-order valence-electron chi connectivity index (χ2n) is 6.37. The van der Waals surface area contributed by atoms with Crippen molar-refractivity contribution in [3.05, 3.63) is 35.4 Å². The van der Waals surface area contributed by atoms with Crippen molar-refractivity contribution in [2.75, 3.05) is 6.54 Å². The third-order valence-corrected chi connectivity index (χ3v) is 4.17. The van der Waals surface area contributed by atoms with Crippen molar-refractivity contribution in [3.63, 3.8) is 0 Å². The quantitative estimate of drug-likeness (QED) is 0.842. The number of piperidine rings is 1. The summed E-state index contributed by atoms with van der Waals surface area (Å²) in [5.41, 5.74) is 3.30. The van der Waals surface area contributed by atoms with Crippen LogP contribution in [0.15, 0.2) is 24.3 Å². The van der Waals surface area contributed by atoms with Gasteiger partial charge in [-0.3, -0.25) is 0 Å². The Morgan fingerprint density at radius 2 is 2.00 bits per heavy atom. The molecule has 0 amide bonds. The number of benzene rings is 1. The summed E-state index contributed by atoms with van der Waals surface area (Å²) in [6, 6.07) is 8.85. The van der Waals surface area contributed by atoms with Gasteiger partial charge in [0.25, 0.3) is 0 Å². The maximum Gasteiger partial charge on any atom is 0.0224 e. The standard InChI is InChI=1S/C17H27N/c1-14(2)12-17(10-6-7-11-18-17)13-16-9-5-4-8-15(16)3/h4-5,8-9,14,18H,6-7,10-13H2,1-3H3. The average Bonchev–Trinajstić information content (AvgIpc) is 2.32. The van der Waals surface area contributed by atoms with Crippen LogP contribution in [0.3, 0.4) is 0 Å². The molecule has 1 atom stereocenters. The van der Waals surface area contributed by atoms with Gasteiger partial charge in [-0.1, -0.05) is 44.5 Å². The molecule has 100 valence electrons. The van der Waals surface area contributed by atoms with Gasteiger partial charge in [-0.05, 0) is 56.2 Å². The van der Waals surface area contributed by atoms with Crippen LogP contribution < -0.4 is 5.32 Å². The van der Waals surface area contributed by atoms with Crippen molar-refractivity contribution in [3.8, 4) is 0 Å². The molecule has 1 heterocycles. The van der Waals surface area contributed by atoms with Crippen molar-refractivity contribution in [2.45, 2.75) is 58.4 Å². The number of rotatable bonds is 4. The summed E-state index contributed by atoms with van der Waals surface area (Å²) in [6.07, 6.45) is 6.54. The molecule has 1 aromatic rings. The van der Waals surface area contributed by atoms with Crippen LogP contribution in [0.5, 0.6) is 0 Å². The fourth-order valence-corrected chi connectivity index (χ4v) is 3.38. The van der Waals surface area contributed by atoms with E-state index in [0.29, 0.717) is 5.54 Å². The Balaban J connectivity index is 2.17. The van der Waals surface area contributed by atoms with Crippen LogP contribution in [-0.2, 0) is 6.42 Å². The molecule has 1 aliphatic rings. The molecule has 18 heavy (non-hydrogen) atoms. The first kappa shape index (κ1) is 13.6. The smallest absolute Gasteiger partial charge is 0.0224 e. The van der Waals surface area contributed by atoms with Gasteiger partial charge in [0.1, 0.15) is 0 Å². The lowest BCUT2D eigenvalue weighted by Gasteiger charge is -2.40. The molecule has 0 radical (unpaired) electrons. The highest BCUT2D eigenvalue weighted by atomic mass is 15.0. The summed E-state index contributed by atoms with van der Waals surface area (Å²) in [5.74, 6) is 0.764. The Kier molecular flexibility index (Phi) is 4.45. The van der Waals surface area contributed by atoms with Gasteiger partial charge >= 0.3 is 0 Å². The zero-order valence-electron chi connectivity index (χ0n) is 12.1. The summed E-state index contributed by atoms with van der Waals surface area (Å²) in [4.78, 5) is 0. The highest BCUT2D eigenvalue weighted by Gasteiger charge is 2.32. The molecular formula is C17H27N. The molecule has 1 saturated heterocycles. The van der Waals surface area contributed by atoms with E-state index in [1.165, 1.54) is 49.8 Å². The van der Waals surface area contributed by atoms with Gasteiger partial charge in [-0.15, -0.1) is 0 Å². The summed E-state index contributed by atoms with van der Waals surface area (Å²) >= 11 is 0. The second-order valence-corrected chi connectivity index (χ2v) is 6.37. The SMILES string of the molecule is Cc1ccccc1CC1(CC(C)C)CCCCN1. The minimum atomic E-state index is 0.346. The van der Waals surface area contributed by atoms with E-state index in [1.54, 1.807) is 0 Å². The first-order chi connectivity index (χ1) is 8.61. The van der Waals surface area contributed by atoms with E-state index in [9.17, 15) is 0 Å². The molecule has 0 aromatic heterocycles. The van der Waals surface area contributed by atoms with Crippen molar-refractivity contribution in [1.82, 2.24) is 5.32 Å². The van der Waals surface area contributed by atoms with Crippen LogP contribution in [0.4, 0.5) is 0 Å². The Bertz CT molecular complexity index is 375. The van der Waals surface area contributed by atoms with E-state index in [2.05, 4.69) is 50.4 Å². The zero-order valence-corrected chi connectivity index (χ0v) is 12.1. The van der Waals surface area contributed by atoms with E-state index < -0.39 is 0 Å². The van der Waals surface area contributed by atoms with E-state index in [0.717, 1.165) is 5.92 Å². The maximum atomic E-state index is 3.84. The molecule has 0 saturated carbocycles. The molecule has 1 nitrogen and oxygen atoms in total. The van der Waals surface area contributed by atoms with Crippen LogP contribution in [-0.4, -0.2) is 12.1 Å². The Labute approximate surface area is 112 Å². The molecule has 1 aromatic carbocycles. The molecule has 1 heteroatoms. The predicted octanol–water partition coefficient (Wildman–Crippen LogP) is 4.10. The van der Waals surface area contributed by atoms with Crippen molar-refractivity contribution >= 4 is 0 Å². The molecule has 1 unspecified atom stereocenters. The van der Waals surface area contributed by atoms with Crippen LogP contribution in [0, 0.1) is 12.8 Å². The van der Waals surface area contributed by atoms with Gasteiger partial charge in [-0.2, -0.15) is 0 Å². The van der Waals surface area contributed by atoms with Crippen molar-refractivity contribution in [1.29, 1.82) is 0 Å². The Morgan fingerprint density at radius 3 is 2.61 bits per heavy atom. The van der Waals surface area contributed by atoms with E-state index in [1.807, 2.05) is 0 Å². The summed E-state index contributed by atoms with van der Waals surface area (Å²) < 4.78 is 0. The average molecular weight is 245 g/mol. The second kappa shape index (κ2) is 5.88. The lowest BCUT2D eigenvalue weighted by Crippen LogP contribution is -2.51. The van der Waals surface area contributed by atoms with Gasteiger partial charge in [0, 0.05) is 5.54 Å². The first-order valence-corrected chi connectivity index (χ1v) is 7.41. The molecular weight excluding hydrogens is 218 g/mol. The maximum absolute atomic E-state index is 3.84. The number of hydrogen-bond acceptors (Lipinski definition) is 1. The lowest BCUT2D eigenvalue weighted by molar-refractivity contribution is 0.210.